The van der Waals surface area contributed by atoms with Crippen LogP contribution in [-0.4, -0.2) is 13.1 Å². The van der Waals surface area contributed by atoms with Crippen LogP contribution in [0.2, 0.25) is 0 Å². The van der Waals surface area contributed by atoms with E-state index in [0.717, 1.165) is 12.2 Å². The average Bonchev–Trinajstić information content (AvgIpc) is 2.89. The van der Waals surface area contributed by atoms with Crippen molar-refractivity contribution in [3.63, 3.8) is 0 Å². The van der Waals surface area contributed by atoms with E-state index in [2.05, 4.69) is 49.5 Å². The van der Waals surface area contributed by atoms with Crippen LogP contribution in [0.25, 0.3) is 0 Å². The Morgan fingerprint density at radius 2 is 1.83 bits per heavy atom. The van der Waals surface area contributed by atoms with Gasteiger partial charge >= 0.3 is 0 Å². The smallest absolute Gasteiger partial charge is 0.105 e. The fraction of sp³-hybridized carbons (Fsp3) is 0.375. The van der Waals surface area contributed by atoms with E-state index in [1.165, 1.54) is 5.56 Å². The monoisotopic (exact) mass is 243 g/mol. The highest BCUT2D eigenvalue weighted by molar-refractivity contribution is 5.26. The Hall–Kier alpha value is -1.54. The molecule has 2 nitrogen and oxygen atoms in total. The van der Waals surface area contributed by atoms with E-state index in [1.807, 2.05) is 19.2 Å². The summed E-state index contributed by atoms with van der Waals surface area (Å²) in [6, 6.07) is 14.9. The first-order valence-corrected chi connectivity index (χ1v) is 6.40. The lowest BCUT2D eigenvalue weighted by Gasteiger charge is -2.34. The maximum absolute atomic E-state index is 5.46. The fourth-order valence-corrected chi connectivity index (χ4v) is 2.42. The third kappa shape index (κ3) is 2.65. The zero-order chi connectivity index (χ0) is 13.0. The summed E-state index contributed by atoms with van der Waals surface area (Å²) in [6.45, 7) is 4.54. The summed E-state index contributed by atoms with van der Waals surface area (Å²) in [5, 5.41) is 3.42. The first kappa shape index (κ1) is 12.9. The van der Waals surface area contributed by atoms with Gasteiger partial charge in [-0.15, -0.1) is 0 Å². The minimum atomic E-state index is 0.0583. The summed E-state index contributed by atoms with van der Waals surface area (Å²) in [7, 11) is 2.01. The zero-order valence-electron chi connectivity index (χ0n) is 11.3. The van der Waals surface area contributed by atoms with Crippen LogP contribution in [0.4, 0.5) is 0 Å². The summed E-state index contributed by atoms with van der Waals surface area (Å²) >= 11 is 0. The summed E-state index contributed by atoms with van der Waals surface area (Å²) in [5.74, 6) is 1.03. The quantitative estimate of drug-likeness (QED) is 0.870. The van der Waals surface area contributed by atoms with Gasteiger partial charge in [-0.3, -0.25) is 0 Å². The Kier molecular flexibility index (Phi) is 3.87. The molecular formula is C16H21NO. The average molecular weight is 243 g/mol. The molecular weight excluding hydrogens is 222 g/mol. The van der Waals surface area contributed by atoms with Gasteiger partial charge in [0.1, 0.15) is 5.76 Å². The van der Waals surface area contributed by atoms with E-state index in [0.29, 0.717) is 6.04 Å². The maximum atomic E-state index is 5.46. The molecule has 1 aromatic carbocycles. The van der Waals surface area contributed by atoms with Gasteiger partial charge in [-0.1, -0.05) is 44.2 Å². The van der Waals surface area contributed by atoms with Gasteiger partial charge in [0.25, 0.3) is 0 Å². The van der Waals surface area contributed by atoms with Crippen molar-refractivity contribution in [1.29, 1.82) is 0 Å². The highest BCUT2D eigenvalue weighted by atomic mass is 16.3. The number of hydrogen-bond donors (Lipinski definition) is 1. The minimum absolute atomic E-state index is 0.0583. The first-order chi connectivity index (χ1) is 8.64. The molecule has 2 heteroatoms. The molecule has 0 spiro atoms. The Labute approximate surface area is 109 Å². The van der Waals surface area contributed by atoms with Gasteiger partial charge in [-0.25, -0.2) is 0 Å². The van der Waals surface area contributed by atoms with Crippen LogP contribution in [0.5, 0.6) is 0 Å². The van der Waals surface area contributed by atoms with Crippen LogP contribution in [0, 0.1) is 0 Å². The third-order valence-electron chi connectivity index (χ3n) is 3.72. The van der Waals surface area contributed by atoms with E-state index in [9.17, 15) is 0 Å². The van der Waals surface area contributed by atoms with Gasteiger partial charge in [0.05, 0.1) is 6.26 Å². The standard InChI is InChI=1S/C16H21NO/c1-16(2,13-8-5-4-6-9-13)15(17-3)12-14-10-7-11-18-14/h4-11,15,17H,12H2,1-3H3. The van der Waals surface area contributed by atoms with Crippen molar-refractivity contribution < 1.29 is 4.42 Å². The lowest BCUT2D eigenvalue weighted by molar-refractivity contribution is 0.335. The molecule has 2 aromatic rings. The molecule has 0 saturated heterocycles. The fourth-order valence-electron chi connectivity index (χ4n) is 2.42. The highest BCUT2D eigenvalue weighted by Gasteiger charge is 2.30. The molecule has 1 atom stereocenters. The number of nitrogens with one attached hydrogen (secondary N) is 1. The van der Waals surface area contributed by atoms with Crippen molar-refractivity contribution in [3.8, 4) is 0 Å². The van der Waals surface area contributed by atoms with E-state index in [1.54, 1.807) is 6.26 Å². The zero-order valence-corrected chi connectivity index (χ0v) is 11.3. The Bertz CT molecular complexity index is 459. The number of likely N-dealkylation sites (N-methyl/N-ethyl adjacent to an activating group) is 1. The molecule has 0 radical (unpaired) electrons. The van der Waals surface area contributed by atoms with Gasteiger partial charge in [-0.05, 0) is 24.7 Å². The summed E-state index contributed by atoms with van der Waals surface area (Å²) in [4.78, 5) is 0. The molecule has 1 unspecified atom stereocenters. The number of rotatable bonds is 5. The van der Waals surface area contributed by atoms with Crippen molar-refractivity contribution in [2.45, 2.75) is 31.7 Å². The van der Waals surface area contributed by atoms with Crippen LogP contribution >= 0.6 is 0 Å². The second-order valence-corrected chi connectivity index (χ2v) is 5.21. The van der Waals surface area contributed by atoms with Crippen molar-refractivity contribution >= 4 is 0 Å². The molecule has 2 rings (SSSR count). The summed E-state index contributed by atoms with van der Waals surface area (Å²) in [6.07, 6.45) is 2.63. The summed E-state index contributed by atoms with van der Waals surface area (Å²) in [5.41, 5.74) is 1.40. The van der Waals surface area contributed by atoms with Gasteiger partial charge in [0, 0.05) is 17.9 Å². The van der Waals surface area contributed by atoms with Crippen LogP contribution in [-0.2, 0) is 11.8 Å². The second kappa shape index (κ2) is 5.40. The maximum Gasteiger partial charge on any atom is 0.105 e. The van der Waals surface area contributed by atoms with Crippen molar-refractivity contribution in [2.75, 3.05) is 7.05 Å². The highest BCUT2D eigenvalue weighted by Crippen LogP contribution is 2.28. The van der Waals surface area contributed by atoms with Crippen LogP contribution < -0.4 is 5.32 Å². The third-order valence-corrected chi connectivity index (χ3v) is 3.72. The molecule has 1 heterocycles. The molecule has 0 saturated carbocycles. The molecule has 1 N–H and O–H groups in total. The van der Waals surface area contributed by atoms with E-state index in [4.69, 9.17) is 4.42 Å². The van der Waals surface area contributed by atoms with Crippen molar-refractivity contribution in [2.24, 2.45) is 0 Å². The molecule has 0 amide bonds. The van der Waals surface area contributed by atoms with E-state index < -0.39 is 0 Å². The molecule has 18 heavy (non-hydrogen) atoms. The SMILES string of the molecule is CNC(Cc1ccco1)C(C)(C)c1ccccc1. The normalized spacial score (nSPS) is 13.5. The molecule has 1 aromatic heterocycles. The Balaban J connectivity index is 2.21. The minimum Gasteiger partial charge on any atom is -0.469 e. The van der Waals surface area contributed by atoms with Gasteiger partial charge < -0.3 is 9.73 Å². The van der Waals surface area contributed by atoms with Crippen LogP contribution in [0.1, 0.15) is 25.2 Å². The van der Waals surface area contributed by atoms with Crippen molar-refractivity contribution in [3.05, 3.63) is 60.1 Å². The molecule has 0 bridgehead atoms. The van der Waals surface area contributed by atoms with Gasteiger partial charge in [0.15, 0.2) is 0 Å². The molecule has 0 aliphatic heterocycles. The molecule has 0 aliphatic carbocycles. The van der Waals surface area contributed by atoms with Gasteiger partial charge in [-0.2, -0.15) is 0 Å². The lowest BCUT2D eigenvalue weighted by atomic mass is 9.76. The van der Waals surface area contributed by atoms with Crippen LogP contribution in [0.15, 0.2) is 53.1 Å². The topological polar surface area (TPSA) is 25.2 Å². The van der Waals surface area contributed by atoms with Crippen molar-refractivity contribution in [1.82, 2.24) is 5.32 Å². The second-order valence-electron chi connectivity index (χ2n) is 5.21. The molecule has 96 valence electrons. The lowest BCUT2D eigenvalue weighted by Crippen LogP contribution is -2.44. The number of hydrogen-bond acceptors (Lipinski definition) is 2. The largest absolute Gasteiger partial charge is 0.469 e. The number of benzene rings is 1. The summed E-state index contributed by atoms with van der Waals surface area (Å²) < 4.78 is 5.46. The molecule has 0 fully saturated rings. The van der Waals surface area contributed by atoms with Crippen LogP contribution in [0.3, 0.4) is 0 Å². The van der Waals surface area contributed by atoms with E-state index >= 15 is 0 Å². The Morgan fingerprint density at radius 1 is 1.11 bits per heavy atom. The number of furan rings is 1. The van der Waals surface area contributed by atoms with Gasteiger partial charge in [0.2, 0.25) is 0 Å². The Morgan fingerprint density at radius 3 is 2.39 bits per heavy atom. The molecule has 0 aliphatic rings. The first-order valence-electron chi connectivity index (χ1n) is 6.40. The predicted octanol–water partition coefficient (Wildman–Crippen LogP) is 3.39. The van der Waals surface area contributed by atoms with E-state index in [-0.39, 0.29) is 5.41 Å². The predicted molar refractivity (Wildman–Crippen MR) is 74.7 cm³/mol.